The number of rotatable bonds is 4. The first-order chi connectivity index (χ1) is 20.0. The van der Waals surface area contributed by atoms with E-state index in [1.807, 2.05) is 24.3 Å². The lowest BCUT2D eigenvalue weighted by molar-refractivity contribution is -0.138. The van der Waals surface area contributed by atoms with E-state index >= 15 is 0 Å². The molecular weight excluding hydrogens is 627 g/mol. The summed E-state index contributed by atoms with van der Waals surface area (Å²) in [5.41, 5.74) is 1.99. The summed E-state index contributed by atoms with van der Waals surface area (Å²) in [6, 6.07) is 22.5. The minimum absolute atomic E-state index is 0.665. The molecule has 2 aliphatic heterocycles. The van der Waals surface area contributed by atoms with Crippen LogP contribution in [-0.4, -0.2) is 0 Å². The van der Waals surface area contributed by atoms with Gasteiger partial charge in [-0.05, 0) is 70.8 Å². The van der Waals surface area contributed by atoms with Gasteiger partial charge in [-0.3, -0.25) is 0 Å². The van der Waals surface area contributed by atoms with Crippen molar-refractivity contribution < 1.29 is 26.3 Å². The highest BCUT2D eigenvalue weighted by Crippen LogP contribution is 2.61. The molecule has 0 nitrogen and oxygen atoms in total. The molecule has 0 saturated heterocycles. The highest BCUT2D eigenvalue weighted by atomic mass is 32.2. The number of hydrogen-bond donors (Lipinski definition) is 0. The summed E-state index contributed by atoms with van der Waals surface area (Å²) >= 11 is 6.86. The zero-order chi connectivity index (χ0) is 29.5. The summed E-state index contributed by atoms with van der Waals surface area (Å²) in [6.07, 6.45) is -1.30. The minimum atomic E-state index is -4.35. The van der Waals surface area contributed by atoms with Crippen LogP contribution >= 0.6 is 47.0 Å². The van der Waals surface area contributed by atoms with Gasteiger partial charge in [-0.25, -0.2) is 0 Å². The molecular formula is C32H18F6S4. The maximum Gasteiger partial charge on any atom is 0.416 e. The molecule has 6 rings (SSSR count). The SMILES string of the molecule is FC(F)(F)c1ccc(/C=C/c2ccc3c(c2)S/C(=C2\Sc4ccc(/C=C/c5ccc(C(F)(F)F)cc5)cc4S2)S3)cc1. The zero-order valence-corrected chi connectivity index (χ0v) is 24.6. The van der Waals surface area contributed by atoms with E-state index in [4.69, 9.17) is 0 Å². The molecule has 0 aromatic heterocycles. The van der Waals surface area contributed by atoms with Gasteiger partial charge >= 0.3 is 12.4 Å². The Morgan fingerprint density at radius 2 is 0.690 bits per heavy atom. The highest BCUT2D eigenvalue weighted by Gasteiger charge is 2.31. The summed E-state index contributed by atoms with van der Waals surface area (Å²) in [5.74, 6) is 0. The average Bonchev–Trinajstić information content (AvgIpc) is 3.58. The Bertz CT molecular complexity index is 1600. The van der Waals surface area contributed by atoms with Crippen LogP contribution in [0.2, 0.25) is 0 Å². The Hall–Kier alpha value is -2.92. The van der Waals surface area contributed by atoms with Crippen molar-refractivity contribution in [2.75, 3.05) is 0 Å². The standard InChI is InChI=1S/C32H18F6S4/c33-31(34,35)23-11-5-19(6-12-23)1-3-21-9-15-25-27(17-21)41-29(39-25)30-40-26-16-10-22(18-28(26)42-30)4-2-20-7-13-24(14-8-20)32(36,37)38/h1-18H/b3-1+,4-2+,30-29+. The molecule has 0 radical (unpaired) electrons. The molecule has 4 aromatic carbocycles. The van der Waals surface area contributed by atoms with E-state index in [1.165, 1.54) is 32.7 Å². The predicted molar refractivity (Wildman–Crippen MR) is 164 cm³/mol. The van der Waals surface area contributed by atoms with Crippen LogP contribution in [0.4, 0.5) is 26.3 Å². The summed E-state index contributed by atoms with van der Waals surface area (Å²) < 4.78 is 79.2. The van der Waals surface area contributed by atoms with E-state index in [0.29, 0.717) is 11.1 Å². The molecule has 0 aliphatic carbocycles. The largest absolute Gasteiger partial charge is 0.416 e. The van der Waals surface area contributed by atoms with E-state index < -0.39 is 23.5 Å². The van der Waals surface area contributed by atoms with Gasteiger partial charge in [0.2, 0.25) is 0 Å². The molecule has 0 fully saturated rings. The highest BCUT2D eigenvalue weighted by molar-refractivity contribution is 8.30. The Morgan fingerprint density at radius 1 is 0.381 bits per heavy atom. The number of benzene rings is 4. The topological polar surface area (TPSA) is 0 Å². The number of alkyl halides is 6. The van der Waals surface area contributed by atoms with E-state index in [2.05, 4.69) is 24.3 Å². The molecule has 10 heteroatoms. The molecule has 0 spiro atoms. The molecule has 0 unspecified atom stereocenters. The lowest BCUT2D eigenvalue weighted by Gasteiger charge is -2.06. The quantitative estimate of drug-likeness (QED) is 0.160. The Labute approximate surface area is 255 Å². The number of fused-ring (bicyclic) bond motifs is 2. The third-order valence-electron chi connectivity index (χ3n) is 6.33. The third-order valence-corrected chi connectivity index (χ3v) is 11.9. The Kier molecular flexibility index (Phi) is 8.08. The smallest absolute Gasteiger partial charge is 0.166 e. The van der Waals surface area contributed by atoms with Gasteiger partial charge in [-0.15, -0.1) is 0 Å². The van der Waals surface area contributed by atoms with Gasteiger partial charge in [-0.2, -0.15) is 26.3 Å². The fourth-order valence-corrected chi connectivity index (χ4v) is 9.51. The van der Waals surface area contributed by atoms with Crippen molar-refractivity contribution >= 4 is 71.4 Å². The Balaban J connectivity index is 1.12. The summed E-state index contributed by atoms with van der Waals surface area (Å²) in [5, 5.41) is 0. The van der Waals surface area contributed by atoms with Crippen LogP contribution in [0.15, 0.2) is 113 Å². The lowest BCUT2D eigenvalue weighted by atomic mass is 10.1. The second kappa shape index (κ2) is 11.6. The van der Waals surface area contributed by atoms with Crippen LogP contribution in [-0.2, 0) is 12.4 Å². The molecule has 2 heterocycles. The van der Waals surface area contributed by atoms with Crippen LogP contribution < -0.4 is 0 Å². The van der Waals surface area contributed by atoms with Crippen molar-refractivity contribution in [3.05, 3.63) is 127 Å². The van der Waals surface area contributed by atoms with Crippen LogP contribution in [0.3, 0.4) is 0 Å². The molecule has 2 aliphatic rings. The first-order valence-corrected chi connectivity index (χ1v) is 15.7. The van der Waals surface area contributed by atoms with Gasteiger partial charge in [0.25, 0.3) is 0 Å². The molecule has 0 saturated carbocycles. The van der Waals surface area contributed by atoms with E-state index in [0.717, 1.165) is 55.0 Å². The normalized spacial score (nSPS) is 16.9. The molecule has 0 bridgehead atoms. The van der Waals surface area contributed by atoms with Crippen LogP contribution in [0, 0.1) is 0 Å². The lowest BCUT2D eigenvalue weighted by Crippen LogP contribution is -2.03. The van der Waals surface area contributed by atoms with Crippen molar-refractivity contribution in [3.63, 3.8) is 0 Å². The van der Waals surface area contributed by atoms with Crippen molar-refractivity contribution in [2.24, 2.45) is 0 Å². The first kappa shape index (κ1) is 29.2. The Morgan fingerprint density at radius 3 is 1.05 bits per heavy atom. The van der Waals surface area contributed by atoms with Crippen molar-refractivity contribution in [2.45, 2.75) is 31.9 Å². The van der Waals surface area contributed by atoms with Crippen molar-refractivity contribution in [3.8, 4) is 0 Å². The van der Waals surface area contributed by atoms with E-state index in [9.17, 15) is 26.3 Å². The van der Waals surface area contributed by atoms with Crippen molar-refractivity contribution in [1.82, 2.24) is 0 Å². The number of halogens is 6. The maximum absolute atomic E-state index is 12.8. The second-order valence-electron chi connectivity index (χ2n) is 9.30. The second-order valence-corrected chi connectivity index (χ2v) is 14.0. The van der Waals surface area contributed by atoms with Gasteiger partial charge in [0.05, 0.1) is 19.6 Å². The molecule has 0 atom stereocenters. The van der Waals surface area contributed by atoms with Gasteiger partial charge in [-0.1, -0.05) is 108 Å². The average molecular weight is 645 g/mol. The predicted octanol–water partition coefficient (Wildman–Crippen LogP) is 12.3. The summed E-state index contributed by atoms with van der Waals surface area (Å²) in [6.45, 7) is 0. The molecule has 0 amide bonds. The maximum atomic E-state index is 12.8. The van der Waals surface area contributed by atoms with Crippen LogP contribution in [0.1, 0.15) is 33.4 Å². The van der Waals surface area contributed by atoms with Crippen LogP contribution in [0.25, 0.3) is 24.3 Å². The molecule has 42 heavy (non-hydrogen) atoms. The van der Waals surface area contributed by atoms with E-state index in [-0.39, 0.29) is 0 Å². The summed E-state index contributed by atoms with van der Waals surface area (Å²) in [7, 11) is 0. The fourth-order valence-electron chi connectivity index (χ4n) is 4.14. The third kappa shape index (κ3) is 6.67. The monoisotopic (exact) mass is 644 g/mol. The zero-order valence-electron chi connectivity index (χ0n) is 21.3. The van der Waals surface area contributed by atoms with Gasteiger partial charge in [0, 0.05) is 19.6 Å². The first-order valence-electron chi connectivity index (χ1n) is 12.5. The summed E-state index contributed by atoms with van der Waals surface area (Å²) in [4.78, 5) is 4.58. The molecule has 212 valence electrons. The minimum Gasteiger partial charge on any atom is -0.166 e. The molecule has 4 aromatic rings. The number of hydrogen-bond acceptors (Lipinski definition) is 4. The molecule has 0 N–H and O–H groups in total. The van der Waals surface area contributed by atoms with Gasteiger partial charge < -0.3 is 0 Å². The van der Waals surface area contributed by atoms with Crippen molar-refractivity contribution in [1.29, 1.82) is 0 Å². The van der Waals surface area contributed by atoms with E-state index in [1.54, 1.807) is 59.2 Å². The fraction of sp³-hybridized carbons (Fsp3) is 0.0625. The number of thioether (sulfide) groups is 4. The van der Waals surface area contributed by atoms with Gasteiger partial charge in [0.1, 0.15) is 0 Å². The van der Waals surface area contributed by atoms with Crippen LogP contribution in [0.5, 0.6) is 0 Å². The van der Waals surface area contributed by atoms with Gasteiger partial charge in [0.15, 0.2) is 0 Å².